The first-order valence-electron chi connectivity index (χ1n) is 11.6. The van der Waals surface area contributed by atoms with Crippen LogP contribution >= 0.6 is 24.0 Å². The maximum absolute atomic E-state index is 5.58. The highest BCUT2D eigenvalue weighted by molar-refractivity contribution is 14.0. The average molecular weight is 546 g/mol. The second-order valence-corrected chi connectivity index (χ2v) is 8.25. The van der Waals surface area contributed by atoms with E-state index in [4.69, 9.17) is 4.74 Å². The van der Waals surface area contributed by atoms with Gasteiger partial charge in [-0.3, -0.25) is 9.89 Å². The molecule has 1 saturated heterocycles. The zero-order chi connectivity index (χ0) is 21.8. The normalized spacial score (nSPS) is 17.2. The summed E-state index contributed by atoms with van der Waals surface area (Å²) < 4.78 is 5.58. The highest BCUT2D eigenvalue weighted by Crippen LogP contribution is 2.22. The molecule has 0 bridgehead atoms. The number of nitrogens with zero attached hydrogens (tertiary/aromatic N) is 3. The molecule has 31 heavy (non-hydrogen) atoms. The smallest absolute Gasteiger partial charge is 0.191 e. The van der Waals surface area contributed by atoms with Crippen molar-refractivity contribution in [3.05, 3.63) is 35.4 Å². The third-order valence-electron chi connectivity index (χ3n) is 5.99. The first-order valence-corrected chi connectivity index (χ1v) is 11.6. The summed E-state index contributed by atoms with van der Waals surface area (Å²) in [7, 11) is 1.86. The number of nitrogens with one attached hydrogen (secondary N) is 2. The maximum Gasteiger partial charge on any atom is 0.191 e. The van der Waals surface area contributed by atoms with Gasteiger partial charge in [0.2, 0.25) is 0 Å². The van der Waals surface area contributed by atoms with E-state index in [1.54, 1.807) is 0 Å². The third-order valence-corrected chi connectivity index (χ3v) is 5.99. The Morgan fingerprint density at radius 2 is 1.94 bits per heavy atom. The molecule has 6 nitrogen and oxygen atoms in total. The number of aryl methyl sites for hydroxylation is 1. The molecule has 0 amide bonds. The molecule has 1 aliphatic heterocycles. The van der Waals surface area contributed by atoms with Crippen molar-refractivity contribution in [2.45, 2.75) is 52.6 Å². The largest absolute Gasteiger partial charge is 0.379 e. The molecule has 0 aromatic heterocycles. The molecule has 0 aliphatic carbocycles. The zero-order valence-electron chi connectivity index (χ0n) is 20.2. The Bertz CT molecular complexity index is 632. The van der Waals surface area contributed by atoms with Gasteiger partial charge in [-0.2, -0.15) is 0 Å². The summed E-state index contributed by atoms with van der Waals surface area (Å²) in [4.78, 5) is 9.47. The molecule has 2 rings (SSSR count). The number of aliphatic imine (C=N–C) groups is 1. The van der Waals surface area contributed by atoms with Gasteiger partial charge in [-0.25, -0.2) is 0 Å². The molecule has 1 heterocycles. The molecular formula is C24H44IN5O. The van der Waals surface area contributed by atoms with Crippen molar-refractivity contribution in [1.29, 1.82) is 0 Å². The number of benzene rings is 1. The van der Waals surface area contributed by atoms with Gasteiger partial charge >= 0.3 is 0 Å². The molecule has 0 spiro atoms. The van der Waals surface area contributed by atoms with E-state index < -0.39 is 0 Å². The van der Waals surface area contributed by atoms with E-state index in [0.29, 0.717) is 12.1 Å². The van der Waals surface area contributed by atoms with Gasteiger partial charge in [-0.15, -0.1) is 24.0 Å². The molecule has 1 aliphatic rings. The number of ether oxygens (including phenoxy) is 1. The van der Waals surface area contributed by atoms with Crippen LogP contribution < -0.4 is 10.6 Å². The van der Waals surface area contributed by atoms with Crippen molar-refractivity contribution >= 4 is 29.9 Å². The predicted molar refractivity (Wildman–Crippen MR) is 143 cm³/mol. The minimum absolute atomic E-state index is 0. The van der Waals surface area contributed by atoms with Crippen LogP contribution in [0.15, 0.2) is 29.3 Å². The molecule has 1 aromatic rings. The summed E-state index contributed by atoms with van der Waals surface area (Å²) >= 11 is 0. The number of rotatable bonds is 11. The lowest BCUT2D eigenvalue weighted by Gasteiger charge is -2.35. The lowest BCUT2D eigenvalue weighted by atomic mass is 10.0. The number of morpholine rings is 1. The summed E-state index contributed by atoms with van der Waals surface area (Å²) in [5.41, 5.74) is 2.65. The Balaban J connectivity index is 0.00000480. The van der Waals surface area contributed by atoms with Crippen molar-refractivity contribution in [3.8, 4) is 0 Å². The summed E-state index contributed by atoms with van der Waals surface area (Å²) in [6.07, 6.45) is 2.34. The third kappa shape index (κ3) is 10.1. The van der Waals surface area contributed by atoms with Gasteiger partial charge in [0.25, 0.3) is 0 Å². The number of hydrogen-bond acceptors (Lipinski definition) is 4. The summed E-state index contributed by atoms with van der Waals surface area (Å²) in [5.74, 6) is 0.885. The number of halogens is 1. The van der Waals surface area contributed by atoms with Gasteiger partial charge in [0.15, 0.2) is 5.96 Å². The van der Waals surface area contributed by atoms with Crippen LogP contribution in [0.2, 0.25) is 0 Å². The molecule has 0 saturated carbocycles. The second-order valence-electron chi connectivity index (χ2n) is 8.25. The Morgan fingerprint density at radius 3 is 2.55 bits per heavy atom. The molecule has 2 N–H and O–H groups in total. The minimum atomic E-state index is 0. The fourth-order valence-electron chi connectivity index (χ4n) is 4.08. The van der Waals surface area contributed by atoms with Gasteiger partial charge in [0, 0.05) is 32.7 Å². The van der Waals surface area contributed by atoms with Crippen LogP contribution in [0.1, 0.15) is 50.8 Å². The summed E-state index contributed by atoms with van der Waals surface area (Å²) in [6.45, 7) is 16.7. The van der Waals surface area contributed by atoms with Gasteiger partial charge in [0.1, 0.15) is 0 Å². The second kappa shape index (κ2) is 15.8. The van der Waals surface area contributed by atoms with Gasteiger partial charge in [-0.05, 0) is 51.9 Å². The lowest BCUT2D eigenvalue weighted by molar-refractivity contribution is 0.0170. The van der Waals surface area contributed by atoms with Crippen LogP contribution in [0, 0.1) is 6.92 Å². The molecule has 2 atom stereocenters. The van der Waals surface area contributed by atoms with Crippen molar-refractivity contribution in [2.24, 2.45) is 4.99 Å². The molecule has 178 valence electrons. The number of guanidine groups is 1. The first-order chi connectivity index (χ1) is 14.6. The summed E-state index contributed by atoms with van der Waals surface area (Å²) in [5, 5.41) is 7.16. The van der Waals surface area contributed by atoms with Crippen molar-refractivity contribution in [2.75, 3.05) is 59.5 Å². The van der Waals surface area contributed by atoms with Crippen LogP contribution in [0.5, 0.6) is 0 Å². The molecule has 1 fully saturated rings. The van der Waals surface area contributed by atoms with E-state index >= 15 is 0 Å². The SMILES string of the molecule is CCN(CC)CCCC(C)NC(=NC)NCC(c1cccc(C)c1)N1CCOCC1.I. The van der Waals surface area contributed by atoms with Gasteiger partial charge in [0.05, 0.1) is 19.3 Å². The Kier molecular flexibility index (Phi) is 14.4. The van der Waals surface area contributed by atoms with Crippen molar-refractivity contribution < 1.29 is 4.74 Å². The van der Waals surface area contributed by atoms with E-state index in [2.05, 4.69) is 77.4 Å². The van der Waals surface area contributed by atoms with Crippen LogP contribution in [-0.4, -0.2) is 81.3 Å². The van der Waals surface area contributed by atoms with Crippen LogP contribution in [-0.2, 0) is 4.74 Å². The Labute approximate surface area is 207 Å². The number of hydrogen-bond donors (Lipinski definition) is 2. The average Bonchev–Trinajstić information content (AvgIpc) is 2.77. The fraction of sp³-hybridized carbons (Fsp3) is 0.708. The predicted octanol–water partition coefficient (Wildman–Crippen LogP) is 3.66. The highest BCUT2D eigenvalue weighted by atomic mass is 127. The Hall–Kier alpha value is -0.900. The van der Waals surface area contributed by atoms with E-state index in [9.17, 15) is 0 Å². The molecule has 0 radical (unpaired) electrons. The van der Waals surface area contributed by atoms with Gasteiger partial charge < -0.3 is 20.3 Å². The van der Waals surface area contributed by atoms with E-state index in [-0.39, 0.29) is 24.0 Å². The van der Waals surface area contributed by atoms with E-state index in [1.807, 2.05) is 7.05 Å². The maximum atomic E-state index is 5.58. The Morgan fingerprint density at radius 1 is 1.23 bits per heavy atom. The lowest BCUT2D eigenvalue weighted by Crippen LogP contribution is -2.48. The van der Waals surface area contributed by atoms with Crippen molar-refractivity contribution in [1.82, 2.24) is 20.4 Å². The zero-order valence-corrected chi connectivity index (χ0v) is 22.5. The van der Waals surface area contributed by atoms with Crippen molar-refractivity contribution in [3.63, 3.8) is 0 Å². The van der Waals surface area contributed by atoms with Crippen LogP contribution in [0.3, 0.4) is 0 Å². The first kappa shape index (κ1) is 28.1. The fourth-order valence-corrected chi connectivity index (χ4v) is 4.08. The molecular weight excluding hydrogens is 501 g/mol. The van der Waals surface area contributed by atoms with E-state index in [1.165, 1.54) is 17.5 Å². The topological polar surface area (TPSA) is 52.1 Å². The monoisotopic (exact) mass is 545 g/mol. The van der Waals surface area contributed by atoms with Gasteiger partial charge in [-0.1, -0.05) is 43.7 Å². The van der Waals surface area contributed by atoms with Crippen LogP contribution in [0.4, 0.5) is 0 Å². The minimum Gasteiger partial charge on any atom is -0.379 e. The van der Waals surface area contributed by atoms with E-state index in [0.717, 1.165) is 64.9 Å². The molecule has 1 aromatic carbocycles. The van der Waals surface area contributed by atoms with Crippen LogP contribution in [0.25, 0.3) is 0 Å². The highest BCUT2D eigenvalue weighted by Gasteiger charge is 2.23. The quantitative estimate of drug-likeness (QED) is 0.253. The molecule has 2 unspecified atom stereocenters. The molecule has 7 heteroatoms. The standard InChI is InChI=1S/C24H43N5O.HI/c1-6-28(7-2)13-9-11-21(4)27-24(25-5)26-19-23(29-14-16-30-17-15-29)22-12-8-10-20(3)18-22;/h8,10,12,18,21,23H,6-7,9,11,13-17,19H2,1-5H3,(H2,25,26,27);1H. The summed E-state index contributed by atoms with van der Waals surface area (Å²) in [6, 6.07) is 9.56.